The van der Waals surface area contributed by atoms with Crippen molar-refractivity contribution in [1.29, 1.82) is 0 Å². The number of aliphatic carboxylic acids is 1. The lowest BCUT2D eigenvalue weighted by molar-refractivity contribution is -0.144. The SMILES string of the molecule is CCC(C)(C)OC(C)CC(C)C(=O)O. The van der Waals surface area contributed by atoms with Crippen molar-refractivity contribution in [2.75, 3.05) is 0 Å². The van der Waals surface area contributed by atoms with E-state index in [2.05, 4.69) is 6.92 Å². The van der Waals surface area contributed by atoms with E-state index in [1.807, 2.05) is 20.8 Å². The first kappa shape index (κ1) is 13.4. The summed E-state index contributed by atoms with van der Waals surface area (Å²) >= 11 is 0. The van der Waals surface area contributed by atoms with Crippen molar-refractivity contribution in [2.45, 2.75) is 59.2 Å². The molecule has 0 aliphatic heterocycles. The van der Waals surface area contributed by atoms with E-state index in [9.17, 15) is 4.79 Å². The highest BCUT2D eigenvalue weighted by atomic mass is 16.5. The molecule has 0 spiro atoms. The minimum Gasteiger partial charge on any atom is -0.481 e. The van der Waals surface area contributed by atoms with Gasteiger partial charge in [0.2, 0.25) is 0 Å². The number of carbonyl (C=O) groups is 1. The van der Waals surface area contributed by atoms with E-state index in [1.54, 1.807) is 6.92 Å². The summed E-state index contributed by atoms with van der Waals surface area (Å²) in [5.41, 5.74) is -0.155. The highest BCUT2D eigenvalue weighted by Crippen LogP contribution is 2.19. The third-order valence-corrected chi connectivity index (χ3v) is 2.48. The summed E-state index contributed by atoms with van der Waals surface area (Å²) in [7, 11) is 0. The van der Waals surface area contributed by atoms with Crippen molar-refractivity contribution in [3.8, 4) is 0 Å². The average Bonchev–Trinajstić information content (AvgIpc) is 2.02. The Hall–Kier alpha value is -0.570. The van der Waals surface area contributed by atoms with Crippen molar-refractivity contribution < 1.29 is 14.6 Å². The summed E-state index contributed by atoms with van der Waals surface area (Å²) in [5, 5.41) is 8.73. The Balaban J connectivity index is 3.98. The van der Waals surface area contributed by atoms with E-state index >= 15 is 0 Å². The molecule has 0 aliphatic rings. The van der Waals surface area contributed by atoms with Gasteiger partial charge in [-0.1, -0.05) is 13.8 Å². The first-order valence-electron chi connectivity index (χ1n) is 5.19. The van der Waals surface area contributed by atoms with Gasteiger partial charge < -0.3 is 9.84 Å². The van der Waals surface area contributed by atoms with Crippen LogP contribution in [0.25, 0.3) is 0 Å². The van der Waals surface area contributed by atoms with E-state index in [4.69, 9.17) is 9.84 Å². The van der Waals surface area contributed by atoms with Gasteiger partial charge in [-0.05, 0) is 33.6 Å². The zero-order valence-electron chi connectivity index (χ0n) is 9.83. The average molecular weight is 202 g/mol. The van der Waals surface area contributed by atoms with Crippen LogP contribution in [-0.2, 0) is 9.53 Å². The maximum absolute atomic E-state index is 10.6. The molecular formula is C11H22O3. The van der Waals surface area contributed by atoms with Gasteiger partial charge in [-0.25, -0.2) is 0 Å². The standard InChI is InChI=1S/C11H22O3/c1-6-11(4,5)14-9(3)7-8(2)10(12)13/h8-9H,6-7H2,1-5H3,(H,12,13). The molecule has 3 nitrogen and oxygen atoms in total. The van der Waals surface area contributed by atoms with Gasteiger partial charge >= 0.3 is 5.97 Å². The molecule has 3 heteroatoms. The summed E-state index contributed by atoms with van der Waals surface area (Å²) in [4.78, 5) is 10.6. The molecule has 0 aromatic rings. The van der Waals surface area contributed by atoms with Crippen LogP contribution in [-0.4, -0.2) is 22.8 Å². The Morgan fingerprint density at radius 3 is 2.29 bits per heavy atom. The van der Waals surface area contributed by atoms with Crippen LogP contribution in [0.2, 0.25) is 0 Å². The molecule has 0 heterocycles. The Labute approximate surface area is 86.5 Å². The third-order valence-electron chi connectivity index (χ3n) is 2.48. The van der Waals surface area contributed by atoms with Gasteiger partial charge in [0, 0.05) is 0 Å². The smallest absolute Gasteiger partial charge is 0.306 e. The number of carboxylic acids is 1. The molecule has 0 aliphatic carbocycles. The van der Waals surface area contributed by atoms with Gasteiger partial charge in [0.05, 0.1) is 17.6 Å². The molecule has 2 atom stereocenters. The second-order valence-corrected chi connectivity index (χ2v) is 4.52. The predicted molar refractivity (Wildman–Crippen MR) is 56.3 cm³/mol. The van der Waals surface area contributed by atoms with Crippen molar-refractivity contribution in [1.82, 2.24) is 0 Å². The van der Waals surface area contributed by atoms with Crippen molar-refractivity contribution in [2.24, 2.45) is 5.92 Å². The Bertz CT molecular complexity index is 187. The minimum absolute atomic E-state index is 0.00366. The summed E-state index contributed by atoms with van der Waals surface area (Å²) in [6, 6.07) is 0. The summed E-state index contributed by atoms with van der Waals surface area (Å²) in [5.74, 6) is -1.09. The Morgan fingerprint density at radius 2 is 1.93 bits per heavy atom. The van der Waals surface area contributed by atoms with E-state index in [-0.39, 0.29) is 17.6 Å². The van der Waals surface area contributed by atoms with Crippen LogP contribution in [0.3, 0.4) is 0 Å². The van der Waals surface area contributed by atoms with E-state index in [0.29, 0.717) is 6.42 Å². The number of ether oxygens (including phenoxy) is 1. The van der Waals surface area contributed by atoms with Crippen molar-refractivity contribution in [3.63, 3.8) is 0 Å². The summed E-state index contributed by atoms with van der Waals surface area (Å²) in [6.07, 6.45) is 1.49. The monoisotopic (exact) mass is 202 g/mol. The fraction of sp³-hybridized carbons (Fsp3) is 0.909. The highest BCUT2D eigenvalue weighted by molar-refractivity contribution is 5.69. The zero-order chi connectivity index (χ0) is 11.4. The van der Waals surface area contributed by atoms with E-state index in [0.717, 1.165) is 6.42 Å². The molecule has 2 unspecified atom stereocenters. The van der Waals surface area contributed by atoms with Gasteiger partial charge in [0.1, 0.15) is 0 Å². The van der Waals surface area contributed by atoms with Gasteiger partial charge in [-0.2, -0.15) is 0 Å². The number of rotatable bonds is 6. The minimum atomic E-state index is -0.755. The first-order chi connectivity index (χ1) is 6.28. The normalized spacial score (nSPS) is 16.4. The van der Waals surface area contributed by atoms with Crippen molar-refractivity contribution in [3.05, 3.63) is 0 Å². The molecule has 0 rings (SSSR count). The van der Waals surface area contributed by atoms with Crippen molar-refractivity contribution >= 4 is 5.97 Å². The molecular weight excluding hydrogens is 180 g/mol. The molecule has 0 radical (unpaired) electrons. The maximum atomic E-state index is 10.6. The molecule has 1 N–H and O–H groups in total. The zero-order valence-corrected chi connectivity index (χ0v) is 9.83. The number of hydrogen-bond donors (Lipinski definition) is 1. The lowest BCUT2D eigenvalue weighted by atomic mass is 10.0. The quantitative estimate of drug-likeness (QED) is 0.720. The van der Waals surface area contributed by atoms with Crippen LogP contribution < -0.4 is 0 Å². The number of hydrogen-bond acceptors (Lipinski definition) is 2. The van der Waals surface area contributed by atoms with E-state index < -0.39 is 5.97 Å². The third kappa shape index (κ3) is 5.22. The van der Waals surface area contributed by atoms with Crippen LogP contribution in [0.4, 0.5) is 0 Å². The lowest BCUT2D eigenvalue weighted by Crippen LogP contribution is -2.30. The molecule has 0 aromatic carbocycles. The molecule has 0 fully saturated rings. The van der Waals surface area contributed by atoms with Gasteiger partial charge in [0.25, 0.3) is 0 Å². The molecule has 0 bridgehead atoms. The first-order valence-corrected chi connectivity index (χ1v) is 5.19. The molecule has 0 amide bonds. The summed E-state index contributed by atoms with van der Waals surface area (Å²) in [6.45, 7) is 9.75. The van der Waals surface area contributed by atoms with E-state index in [1.165, 1.54) is 0 Å². The van der Waals surface area contributed by atoms with Crippen LogP contribution in [0.5, 0.6) is 0 Å². The molecule has 0 aromatic heterocycles. The fourth-order valence-electron chi connectivity index (χ4n) is 1.27. The Morgan fingerprint density at radius 1 is 1.43 bits per heavy atom. The topological polar surface area (TPSA) is 46.5 Å². The second-order valence-electron chi connectivity index (χ2n) is 4.52. The largest absolute Gasteiger partial charge is 0.481 e. The van der Waals surface area contributed by atoms with Gasteiger partial charge in [-0.3, -0.25) is 4.79 Å². The fourth-order valence-corrected chi connectivity index (χ4v) is 1.27. The highest BCUT2D eigenvalue weighted by Gasteiger charge is 2.22. The Kier molecular flexibility index (Phi) is 5.13. The summed E-state index contributed by atoms with van der Waals surface area (Å²) < 4.78 is 5.74. The molecule has 14 heavy (non-hydrogen) atoms. The molecule has 0 saturated heterocycles. The maximum Gasteiger partial charge on any atom is 0.306 e. The number of carboxylic acid groups (broad SMARTS) is 1. The van der Waals surface area contributed by atoms with Gasteiger partial charge in [-0.15, -0.1) is 0 Å². The lowest BCUT2D eigenvalue weighted by Gasteiger charge is -2.28. The van der Waals surface area contributed by atoms with Crippen LogP contribution >= 0.6 is 0 Å². The van der Waals surface area contributed by atoms with Gasteiger partial charge in [0.15, 0.2) is 0 Å². The predicted octanol–water partition coefficient (Wildman–Crippen LogP) is 2.69. The molecule has 0 saturated carbocycles. The van der Waals surface area contributed by atoms with Crippen LogP contribution in [0.15, 0.2) is 0 Å². The molecule has 84 valence electrons. The van der Waals surface area contributed by atoms with Crippen LogP contribution in [0, 0.1) is 5.92 Å². The van der Waals surface area contributed by atoms with Crippen LogP contribution in [0.1, 0.15) is 47.5 Å². The second kappa shape index (κ2) is 5.35.